The summed E-state index contributed by atoms with van der Waals surface area (Å²) in [7, 11) is 1.81. The zero-order valence-corrected chi connectivity index (χ0v) is 18.6. The molecular formula is C22H22N6O2S. The molecule has 0 bridgehead atoms. The van der Waals surface area contributed by atoms with Gasteiger partial charge in [-0.15, -0.1) is 5.10 Å². The minimum absolute atomic E-state index is 0.00719. The molecule has 0 aliphatic heterocycles. The van der Waals surface area contributed by atoms with Crippen LogP contribution in [0.4, 0.5) is 0 Å². The lowest BCUT2D eigenvalue weighted by molar-refractivity contribution is 0.102. The van der Waals surface area contributed by atoms with Gasteiger partial charge in [0.25, 0.3) is 5.56 Å². The number of thioether (sulfide) groups is 1. The highest BCUT2D eigenvalue weighted by molar-refractivity contribution is 7.99. The summed E-state index contributed by atoms with van der Waals surface area (Å²) in [6.45, 7) is 5.72. The van der Waals surface area contributed by atoms with Crippen molar-refractivity contribution < 1.29 is 4.79 Å². The molecule has 0 N–H and O–H groups in total. The summed E-state index contributed by atoms with van der Waals surface area (Å²) in [6, 6.07) is 15.2. The van der Waals surface area contributed by atoms with Gasteiger partial charge in [-0.25, -0.2) is 4.68 Å². The van der Waals surface area contributed by atoms with Crippen LogP contribution in [0.3, 0.4) is 0 Å². The smallest absolute Gasteiger partial charge is 0.293 e. The summed E-state index contributed by atoms with van der Waals surface area (Å²) in [5.74, 6) is 0.163. The number of ketones is 1. The van der Waals surface area contributed by atoms with Crippen LogP contribution >= 0.6 is 11.8 Å². The standard InChI is InChI=1S/C22H22N6O2S/c1-14-10-11-15(2)18(12-14)19(29)13-31-22-23-24-25-27(22)20-16(3)26(4)28(21(20)30)17-8-6-5-7-9-17/h5-12H,13H2,1-4H3. The number of Topliss-reactive ketones (excluding diaryl/α,β-unsaturated/α-hetero) is 1. The summed E-state index contributed by atoms with van der Waals surface area (Å²) in [5, 5.41) is 12.2. The maximum absolute atomic E-state index is 13.3. The summed E-state index contributed by atoms with van der Waals surface area (Å²) < 4.78 is 4.75. The van der Waals surface area contributed by atoms with Gasteiger partial charge in [0.15, 0.2) is 11.5 Å². The Morgan fingerprint density at radius 1 is 1.06 bits per heavy atom. The fourth-order valence-corrected chi connectivity index (χ4v) is 4.21. The number of aryl methyl sites for hydroxylation is 2. The van der Waals surface area contributed by atoms with Gasteiger partial charge >= 0.3 is 0 Å². The highest BCUT2D eigenvalue weighted by atomic mass is 32.2. The normalized spacial score (nSPS) is 11.1. The van der Waals surface area contributed by atoms with Crippen LogP contribution in [0, 0.1) is 20.8 Å². The van der Waals surface area contributed by atoms with Crippen molar-refractivity contribution in [1.29, 1.82) is 0 Å². The second kappa shape index (κ2) is 8.35. The van der Waals surface area contributed by atoms with Crippen molar-refractivity contribution in [1.82, 2.24) is 29.6 Å². The highest BCUT2D eigenvalue weighted by Gasteiger charge is 2.22. The van der Waals surface area contributed by atoms with E-state index < -0.39 is 0 Å². The van der Waals surface area contributed by atoms with Crippen molar-refractivity contribution in [2.45, 2.75) is 25.9 Å². The van der Waals surface area contributed by atoms with Crippen LogP contribution in [-0.4, -0.2) is 41.1 Å². The second-order valence-electron chi connectivity index (χ2n) is 7.31. The van der Waals surface area contributed by atoms with Crippen molar-refractivity contribution in [2.75, 3.05) is 5.75 Å². The van der Waals surface area contributed by atoms with Crippen LogP contribution in [0.1, 0.15) is 27.2 Å². The number of rotatable bonds is 6. The van der Waals surface area contributed by atoms with E-state index in [-0.39, 0.29) is 17.1 Å². The van der Waals surface area contributed by atoms with Crippen LogP contribution in [-0.2, 0) is 7.05 Å². The minimum Gasteiger partial charge on any atom is -0.293 e. The van der Waals surface area contributed by atoms with Gasteiger partial charge in [0.05, 0.1) is 17.1 Å². The average Bonchev–Trinajstić information content (AvgIpc) is 3.30. The van der Waals surface area contributed by atoms with Gasteiger partial charge in [0.1, 0.15) is 0 Å². The van der Waals surface area contributed by atoms with Gasteiger partial charge in [-0.1, -0.05) is 47.7 Å². The number of carbonyl (C=O) groups is 1. The molecule has 0 amide bonds. The Morgan fingerprint density at radius 2 is 1.81 bits per heavy atom. The van der Waals surface area contributed by atoms with Crippen LogP contribution in [0.25, 0.3) is 11.4 Å². The predicted octanol–water partition coefficient (Wildman–Crippen LogP) is 3.05. The number of aromatic nitrogens is 6. The molecule has 2 aromatic heterocycles. The van der Waals surface area contributed by atoms with E-state index in [4.69, 9.17) is 0 Å². The fraction of sp³-hybridized carbons (Fsp3) is 0.227. The molecule has 0 aliphatic rings. The summed E-state index contributed by atoms with van der Waals surface area (Å²) >= 11 is 1.21. The Kier molecular flexibility index (Phi) is 5.60. The lowest BCUT2D eigenvalue weighted by Gasteiger charge is -2.07. The molecule has 9 heteroatoms. The molecule has 2 heterocycles. The van der Waals surface area contributed by atoms with Crippen molar-refractivity contribution in [3.8, 4) is 11.4 Å². The first-order valence-electron chi connectivity index (χ1n) is 9.74. The first kappa shape index (κ1) is 20.8. The minimum atomic E-state index is -0.235. The molecule has 0 atom stereocenters. The molecule has 4 aromatic rings. The molecule has 0 saturated carbocycles. The monoisotopic (exact) mass is 434 g/mol. The second-order valence-corrected chi connectivity index (χ2v) is 8.26. The average molecular weight is 435 g/mol. The van der Waals surface area contributed by atoms with E-state index >= 15 is 0 Å². The number of benzene rings is 2. The number of hydrogen-bond acceptors (Lipinski definition) is 6. The van der Waals surface area contributed by atoms with Crippen molar-refractivity contribution in [3.05, 3.63) is 81.3 Å². The Hall–Kier alpha value is -3.46. The first-order valence-corrected chi connectivity index (χ1v) is 10.7. The third-order valence-electron chi connectivity index (χ3n) is 5.20. The first-order chi connectivity index (χ1) is 14.9. The molecule has 0 radical (unpaired) electrons. The van der Waals surface area contributed by atoms with Crippen LogP contribution in [0.5, 0.6) is 0 Å². The Bertz CT molecular complexity index is 1320. The Balaban J connectivity index is 1.66. The van der Waals surface area contributed by atoms with Crippen LogP contribution in [0.15, 0.2) is 58.5 Å². The van der Waals surface area contributed by atoms with Gasteiger partial charge in [-0.2, -0.15) is 4.68 Å². The van der Waals surface area contributed by atoms with Crippen LogP contribution in [0.2, 0.25) is 0 Å². The highest BCUT2D eigenvalue weighted by Crippen LogP contribution is 2.22. The predicted molar refractivity (Wildman–Crippen MR) is 119 cm³/mol. The van der Waals surface area contributed by atoms with E-state index in [0.717, 1.165) is 16.8 Å². The van der Waals surface area contributed by atoms with Gasteiger partial charge < -0.3 is 0 Å². The quantitative estimate of drug-likeness (QED) is 0.342. The van der Waals surface area contributed by atoms with E-state index in [9.17, 15) is 9.59 Å². The summed E-state index contributed by atoms with van der Waals surface area (Å²) in [6.07, 6.45) is 0. The maximum atomic E-state index is 13.3. The van der Waals surface area contributed by atoms with Crippen LogP contribution < -0.4 is 5.56 Å². The van der Waals surface area contributed by atoms with Crippen molar-refractivity contribution >= 4 is 17.5 Å². The Morgan fingerprint density at radius 3 is 2.55 bits per heavy atom. The maximum Gasteiger partial charge on any atom is 0.297 e. The zero-order valence-electron chi connectivity index (χ0n) is 17.7. The Labute approximate surface area is 183 Å². The molecule has 31 heavy (non-hydrogen) atoms. The van der Waals surface area contributed by atoms with E-state index in [1.165, 1.54) is 16.4 Å². The number of tetrazole rings is 1. The largest absolute Gasteiger partial charge is 0.297 e. The SMILES string of the molecule is Cc1ccc(C)c(C(=O)CSc2nnnn2-c2c(C)n(C)n(-c3ccccc3)c2=O)c1. The van der Waals surface area contributed by atoms with Crippen molar-refractivity contribution in [2.24, 2.45) is 7.05 Å². The topological polar surface area (TPSA) is 87.6 Å². The van der Waals surface area contributed by atoms with Gasteiger partial charge in [0.2, 0.25) is 5.16 Å². The molecule has 0 fully saturated rings. The molecule has 0 unspecified atom stereocenters. The molecule has 0 aliphatic carbocycles. The summed E-state index contributed by atoms with van der Waals surface area (Å²) in [5.41, 5.74) is 4.24. The van der Waals surface area contributed by atoms with E-state index in [1.807, 2.05) is 76.3 Å². The number of carbonyl (C=O) groups excluding carboxylic acids is 1. The van der Waals surface area contributed by atoms with Crippen molar-refractivity contribution in [3.63, 3.8) is 0 Å². The lowest BCUT2D eigenvalue weighted by atomic mass is 10.0. The van der Waals surface area contributed by atoms with E-state index in [0.29, 0.717) is 22.1 Å². The van der Waals surface area contributed by atoms with Gasteiger partial charge in [-0.3, -0.25) is 14.3 Å². The third kappa shape index (κ3) is 3.84. The molecule has 158 valence electrons. The number of nitrogens with zero attached hydrogens (tertiary/aromatic N) is 6. The molecule has 4 rings (SSSR count). The molecular weight excluding hydrogens is 412 g/mol. The van der Waals surface area contributed by atoms with E-state index in [1.54, 1.807) is 9.36 Å². The number of para-hydroxylation sites is 1. The number of hydrogen-bond donors (Lipinski definition) is 0. The molecule has 2 aromatic carbocycles. The van der Waals surface area contributed by atoms with E-state index in [2.05, 4.69) is 15.5 Å². The zero-order chi connectivity index (χ0) is 22.1. The molecule has 8 nitrogen and oxygen atoms in total. The van der Waals surface area contributed by atoms with Gasteiger partial charge in [0, 0.05) is 12.6 Å². The summed E-state index contributed by atoms with van der Waals surface area (Å²) in [4.78, 5) is 26.0. The molecule has 0 spiro atoms. The lowest BCUT2D eigenvalue weighted by Crippen LogP contribution is -2.22. The molecule has 0 saturated heterocycles. The fourth-order valence-electron chi connectivity index (χ4n) is 3.45. The third-order valence-corrected chi connectivity index (χ3v) is 6.12. The van der Waals surface area contributed by atoms with Gasteiger partial charge in [-0.05, 0) is 55.0 Å².